The fourth-order valence-corrected chi connectivity index (χ4v) is 2.06. The summed E-state index contributed by atoms with van der Waals surface area (Å²) < 4.78 is 13.4. The number of anilines is 1. The molecule has 0 fully saturated rings. The number of rotatable bonds is 5. The average Bonchev–Trinajstić information content (AvgIpc) is 2.49. The van der Waals surface area contributed by atoms with E-state index >= 15 is 0 Å². The number of para-hydroxylation sites is 1. The Hall–Kier alpha value is -2.69. The van der Waals surface area contributed by atoms with Gasteiger partial charge in [-0.05, 0) is 31.0 Å². The molecule has 0 heterocycles. The van der Waals surface area contributed by atoms with E-state index in [2.05, 4.69) is 15.8 Å². The molecule has 0 spiro atoms. The molecule has 0 radical (unpaired) electrons. The molecule has 0 atom stereocenters. The standard InChI is InChI=1S/C17H18FN3O/c1-12-6-5-7-13(2)17(12)19-11-16(22)21-20-10-14-8-3-4-9-15(14)18/h3-10,19H,11H2,1-2H3,(H,21,22). The van der Waals surface area contributed by atoms with Gasteiger partial charge in [0.25, 0.3) is 5.91 Å². The molecule has 5 heteroatoms. The summed E-state index contributed by atoms with van der Waals surface area (Å²) in [4.78, 5) is 11.7. The molecule has 0 saturated heterocycles. The number of amides is 1. The first-order chi connectivity index (χ1) is 10.6. The number of hydrazone groups is 1. The number of hydrogen-bond donors (Lipinski definition) is 2. The van der Waals surface area contributed by atoms with Gasteiger partial charge in [-0.3, -0.25) is 4.79 Å². The summed E-state index contributed by atoms with van der Waals surface area (Å²) >= 11 is 0. The Balaban J connectivity index is 1.88. The maximum Gasteiger partial charge on any atom is 0.259 e. The van der Waals surface area contributed by atoms with E-state index in [0.29, 0.717) is 5.56 Å². The average molecular weight is 299 g/mol. The van der Waals surface area contributed by atoms with Gasteiger partial charge >= 0.3 is 0 Å². The van der Waals surface area contributed by atoms with Crippen LogP contribution < -0.4 is 10.7 Å². The molecule has 0 aliphatic heterocycles. The Labute approximate surface area is 129 Å². The zero-order chi connectivity index (χ0) is 15.9. The third kappa shape index (κ3) is 4.15. The second-order valence-electron chi connectivity index (χ2n) is 4.94. The number of aryl methyl sites for hydroxylation is 2. The highest BCUT2D eigenvalue weighted by Gasteiger charge is 2.04. The number of halogens is 1. The highest BCUT2D eigenvalue weighted by atomic mass is 19.1. The van der Waals surface area contributed by atoms with Crippen molar-refractivity contribution in [1.82, 2.24) is 5.43 Å². The van der Waals surface area contributed by atoms with Crippen molar-refractivity contribution >= 4 is 17.8 Å². The van der Waals surface area contributed by atoms with Gasteiger partial charge in [-0.2, -0.15) is 5.10 Å². The topological polar surface area (TPSA) is 53.5 Å². The molecular weight excluding hydrogens is 281 g/mol. The van der Waals surface area contributed by atoms with Crippen LogP contribution in [0.2, 0.25) is 0 Å². The van der Waals surface area contributed by atoms with Gasteiger partial charge in [0, 0.05) is 11.3 Å². The number of carbonyl (C=O) groups is 1. The molecular formula is C17H18FN3O. The summed E-state index contributed by atoms with van der Waals surface area (Å²) in [7, 11) is 0. The summed E-state index contributed by atoms with van der Waals surface area (Å²) in [6.07, 6.45) is 1.28. The van der Waals surface area contributed by atoms with E-state index in [1.54, 1.807) is 18.2 Å². The van der Waals surface area contributed by atoms with E-state index in [0.717, 1.165) is 16.8 Å². The van der Waals surface area contributed by atoms with Gasteiger partial charge in [0.1, 0.15) is 5.82 Å². The highest BCUT2D eigenvalue weighted by Crippen LogP contribution is 2.18. The van der Waals surface area contributed by atoms with Crippen LogP contribution >= 0.6 is 0 Å². The van der Waals surface area contributed by atoms with Gasteiger partial charge in [-0.25, -0.2) is 9.82 Å². The fourth-order valence-electron chi connectivity index (χ4n) is 2.06. The van der Waals surface area contributed by atoms with Gasteiger partial charge in [0.15, 0.2) is 0 Å². The van der Waals surface area contributed by atoms with Gasteiger partial charge in [-0.1, -0.05) is 36.4 Å². The molecule has 0 saturated carbocycles. The van der Waals surface area contributed by atoms with Gasteiger partial charge in [-0.15, -0.1) is 0 Å². The Morgan fingerprint density at radius 2 is 1.82 bits per heavy atom. The number of carbonyl (C=O) groups excluding carboxylic acids is 1. The Bertz CT molecular complexity index is 678. The lowest BCUT2D eigenvalue weighted by Crippen LogP contribution is -2.26. The molecule has 0 aliphatic rings. The van der Waals surface area contributed by atoms with Crippen LogP contribution in [0.3, 0.4) is 0 Å². The SMILES string of the molecule is Cc1cccc(C)c1NCC(=O)NN=Cc1ccccc1F. The molecule has 1 amide bonds. The van der Waals surface area contributed by atoms with Crippen molar-refractivity contribution in [2.75, 3.05) is 11.9 Å². The lowest BCUT2D eigenvalue weighted by molar-refractivity contribution is -0.119. The Kier molecular flexibility index (Phi) is 5.25. The van der Waals surface area contributed by atoms with Crippen molar-refractivity contribution in [2.45, 2.75) is 13.8 Å². The Morgan fingerprint density at radius 3 is 2.50 bits per heavy atom. The van der Waals surface area contributed by atoms with E-state index in [4.69, 9.17) is 0 Å². The normalized spacial score (nSPS) is 10.7. The van der Waals surface area contributed by atoms with Crippen molar-refractivity contribution < 1.29 is 9.18 Å². The predicted octanol–water partition coefficient (Wildman–Crippen LogP) is 3.00. The summed E-state index contributed by atoms with van der Waals surface area (Å²) in [6, 6.07) is 12.1. The molecule has 2 aromatic carbocycles. The fraction of sp³-hybridized carbons (Fsp3) is 0.176. The summed E-state index contributed by atoms with van der Waals surface area (Å²) in [5, 5.41) is 6.84. The first-order valence-corrected chi connectivity index (χ1v) is 6.94. The van der Waals surface area contributed by atoms with Crippen LogP contribution in [0.1, 0.15) is 16.7 Å². The third-order valence-electron chi connectivity index (χ3n) is 3.20. The van der Waals surface area contributed by atoms with Crippen LogP contribution in [0.5, 0.6) is 0 Å². The molecule has 0 bridgehead atoms. The minimum absolute atomic E-state index is 0.0975. The monoisotopic (exact) mass is 299 g/mol. The van der Waals surface area contributed by atoms with Crippen LogP contribution in [0.25, 0.3) is 0 Å². The van der Waals surface area contributed by atoms with Crippen LogP contribution in [-0.2, 0) is 4.79 Å². The summed E-state index contributed by atoms with van der Waals surface area (Å²) in [5.41, 5.74) is 5.78. The van der Waals surface area contributed by atoms with Crippen LogP contribution in [0.15, 0.2) is 47.6 Å². The molecule has 0 aliphatic carbocycles. The minimum Gasteiger partial charge on any atom is -0.376 e. The maximum absolute atomic E-state index is 13.4. The second kappa shape index (κ2) is 7.36. The van der Waals surface area contributed by atoms with E-state index in [9.17, 15) is 9.18 Å². The van der Waals surface area contributed by atoms with Crippen molar-refractivity contribution in [3.8, 4) is 0 Å². The van der Waals surface area contributed by atoms with Crippen molar-refractivity contribution in [2.24, 2.45) is 5.10 Å². The smallest absolute Gasteiger partial charge is 0.259 e. The Morgan fingerprint density at radius 1 is 1.14 bits per heavy atom. The number of hydrogen-bond acceptors (Lipinski definition) is 3. The number of nitrogens with one attached hydrogen (secondary N) is 2. The molecule has 2 aromatic rings. The second-order valence-corrected chi connectivity index (χ2v) is 4.94. The van der Waals surface area contributed by atoms with Crippen LogP contribution in [0.4, 0.5) is 10.1 Å². The number of benzene rings is 2. The van der Waals surface area contributed by atoms with E-state index in [-0.39, 0.29) is 18.3 Å². The molecule has 2 N–H and O–H groups in total. The third-order valence-corrected chi connectivity index (χ3v) is 3.20. The zero-order valence-corrected chi connectivity index (χ0v) is 12.6. The van der Waals surface area contributed by atoms with Crippen molar-refractivity contribution in [3.05, 3.63) is 65.0 Å². The first-order valence-electron chi connectivity index (χ1n) is 6.94. The molecule has 4 nitrogen and oxygen atoms in total. The lowest BCUT2D eigenvalue weighted by Gasteiger charge is -2.11. The van der Waals surface area contributed by atoms with Gasteiger partial charge in [0.05, 0.1) is 12.8 Å². The van der Waals surface area contributed by atoms with Crippen molar-refractivity contribution in [3.63, 3.8) is 0 Å². The van der Waals surface area contributed by atoms with Gasteiger partial charge in [0.2, 0.25) is 0 Å². The van der Waals surface area contributed by atoms with Crippen LogP contribution in [-0.4, -0.2) is 18.7 Å². The molecule has 114 valence electrons. The maximum atomic E-state index is 13.4. The van der Waals surface area contributed by atoms with E-state index < -0.39 is 0 Å². The minimum atomic E-state index is -0.380. The molecule has 2 rings (SSSR count). The van der Waals surface area contributed by atoms with E-state index in [1.165, 1.54) is 12.3 Å². The zero-order valence-electron chi connectivity index (χ0n) is 12.6. The predicted molar refractivity (Wildman–Crippen MR) is 86.5 cm³/mol. The summed E-state index contributed by atoms with van der Waals surface area (Å²) in [6.45, 7) is 4.05. The first kappa shape index (κ1) is 15.7. The van der Waals surface area contributed by atoms with Crippen molar-refractivity contribution in [1.29, 1.82) is 0 Å². The van der Waals surface area contributed by atoms with Gasteiger partial charge < -0.3 is 5.32 Å². The molecule has 0 aromatic heterocycles. The highest BCUT2D eigenvalue weighted by molar-refractivity contribution is 5.84. The molecule has 22 heavy (non-hydrogen) atoms. The quantitative estimate of drug-likeness (QED) is 0.658. The number of nitrogens with zero attached hydrogens (tertiary/aromatic N) is 1. The largest absolute Gasteiger partial charge is 0.376 e. The van der Waals surface area contributed by atoms with Crippen LogP contribution in [0, 0.1) is 19.7 Å². The molecule has 0 unspecified atom stereocenters. The summed E-state index contributed by atoms with van der Waals surface area (Å²) in [5.74, 6) is -0.676. The lowest BCUT2D eigenvalue weighted by atomic mass is 10.1. The van der Waals surface area contributed by atoms with E-state index in [1.807, 2.05) is 32.0 Å².